The van der Waals surface area contributed by atoms with Crippen molar-refractivity contribution in [2.75, 3.05) is 0 Å². The normalized spacial score (nSPS) is 10.4. The second-order valence-corrected chi connectivity index (χ2v) is 2.45. The molecule has 0 amide bonds. The van der Waals surface area contributed by atoms with Gasteiger partial charge in [-0.1, -0.05) is 0 Å². The van der Waals surface area contributed by atoms with Crippen molar-refractivity contribution in [3.05, 3.63) is 23.9 Å². The van der Waals surface area contributed by atoms with Crippen LogP contribution in [0.25, 0.3) is 5.65 Å². The Labute approximate surface area is 68.0 Å². The molecule has 0 saturated carbocycles. The average Bonchev–Trinajstić information content (AvgIpc) is 2.49. The molecule has 2 rings (SSSR count). The van der Waals surface area contributed by atoms with Gasteiger partial charge >= 0.3 is 0 Å². The summed E-state index contributed by atoms with van der Waals surface area (Å²) in [5.41, 5.74) is 1.21. The molecule has 0 radical (unpaired) electrons. The first-order valence-corrected chi connectivity index (χ1v) is 3.46. The number of carbonyl (C=O) groups excluding carboxylic acids is 1. The molecule has 2 heterocycles. The smallest absolute Gasteiger partial charge is 0.179 e. The lowest BCUT2D eigenvalue weighted by molar-refractivity contribution is 0.101. The first kappa shape index (κ1) is 6.90. The van der Waals surface area contributed by atoms with Crippen molar-refractivity contribution in [2.24, 2.45) is 0 Å². The van der Waals surface area contributed by atoms with E-state index in [1.54, 1.807) is 18.3 Å². The van der Waals surface area contributed by atoms with Crippen LogP contribution >= 0.6 is 0 Å². The topological polar surface area (TPSA) is 60.2 Å². The Balaban J connectivity index is 2.68. The monoisotopic (exact) mass is 162 g/mol. The Hall–Kier alpha value is -1.78. The van der Waals surface area contributed by atoms with Crippen LogP contribution in [0, 0.1) is 0 Å². The van der Waals surface area contributed by atoms with Crippen LogP contribution in [0.15, 0.2) is 18.3 Å². The highest BCUT2D eigenvalue weighted by Crippen LogP contribution is 2.02. The van der Waals surface area contributed by atoms with Gasteiger partial charge in [0, 0.05) is 11.8 Å². The number of aromatic nitrogens is 4. The standard InChI is InChI=1S/C7H6N4O/c1-5(12)6-2-3-11-7(4-6)8-9-10-11/h2-4H,1H3. The molecule has 0 N–H and O–H groups in total. The van der Waals surface area contributed by atoms with E-state index in [1.807, 2.05) is 0 Å². The van der Waals surface area contributed by atoms with Crippen LogP contribution in [0.4, 0.5) is 0 Å². The minimum absolute atomic E-state index is 0.0144. The number of carbonyl (C=O) groups is 1. The zero-order chi connectivity index (χ0) is 8.55. The minimum Gasteiger partial charge on any atom is -0.295 e. The summed E-state index contributed by atoms with van der Waals surface area (Å²) >= 11 is 0. The molecule has 0 atom stereocenters. The second kappa shape index (κ2) is 2.37. The van der Waals surface area contributed by atoms with E-state index in [0.29, 0.717) is 11.2 Å². The molecular weight excluding hydrogens is 156 g/mol. The Morgan fingerprint density at radius 1 is 1.58 bits per heavy atom. The van der Waals surface area contributed by atoms with Crippen LogP contribution in [-0.2, 0) is 0 Å². The first-order chi connectivity index (χ1) is 5.77. The molecule has 0 bridgehead atoms. The van der Waals surface area contributed by atoms with Gasteiger partial charge < -0.3 is 0 Å². The molecule has 0 unspecified atom stereocenters. The van der Waals surface area contributed by atoms with E-state index in [2.05, 4.69) is 15.5 Å². The zero-order valence-corrected chi connectivity index (χ0v) is 6.43. The minimum atomic E-state index is 0.0144. The summed E-state index contributed by atoms with van der Waals surface area (Å²) in [6, 6.07) is 3.34. The van der Waals surface area contributed by atoms with Crippen LogP contribution in [0.5, 0.6) is 0 Å². The van der Waals surface area contributed by atoms with Crippen molar-refractivity contribution >= 4 is 11.4 Å². The largest absolute Gasteiger partial charge is 0.295 e. The van der Waals surface area contributed by atoms with Gasteiger partial charge in [0.2, 0.25) is 0 Å². The number of fused-ring (bicyclic) bond motifs is 1. The molecule has 0 aliphatic rings. The Bertz CT molecular complexity index is 434. The summed E-state index contributed by atoms with van der Waals surface area (Å²) in [6.45, 7) is 1.51. The summed E-state index contributed by atoms with van der Waals surface area (Å²) in [7, 11) is 0. The van der Waals surface area contributed by atoms with Gasteiger partial charge in [0.25, 0.3) is 0 Å². The third-order valence-electron chi connectivity index (χ3n) is 1.60. The van der Waals surface area contributed by atoms with Crippen molar-refractivity contribution in [3.8, 4) is 0 Å². The van der Waals surface area contributed by atoms with Crippen molar-refractivity contribution in [1.29, 1.82) is 0 Å². The highest BCUT2D eigenvalue weighted by atomic mass is 16.1. The van der Waals surface area contributed by atoms with Crippen LogP contribution < -0.4 is 0 Å². The average molecular weight is 162 g/mol. The molecule has 12 heavy (non-hydrogen) atoms. The van der Waals surface area contributed by atoms with E-state index in [9.17, 15) is 4.79 Å². The van der Waals surface area contributed by atoms with E-state index < -0.39 is 0 Å². The third kappa shape index (κ3) is 0.952. The van der Waals surface area contributed by atoms with E-state index in [0.717, 1.165) is 0 Å². The molecule has 5 nitrogen and oxygen atoms in total. The molecule has 5 heteroatoms. The Kier molecular flexibility index (Phi) is 1.36. The Morgan fingerprint density at radius 2 is 2.42 bits per heavy atom. The fourth-order valence-corrected chi connectivity index (χ4v) is 0.959. The van der Waals surface area contributed by atoms with E-state index in [-0.39, 0.29) is 5.78 Å². The van der Waals surface area contributed by atoms with Gasteiger partial charge in [-0.05, 0) is 29.5 Å². The van der Waals surface area contributed by atoms with Crippen molar-refractivity contribution in [1.82, 2.24) is 20.0 Å². The van der Waals surface area contributed by atoms with Crippen LogP contribution in [0.2, 0.25) is 0 Å². The maximum Gasteiger partial charge on any atom is 0.179 e. The molecular formula is C7H6N4O. The van der Waals surface area contributed by atoms with E-state index in [4.69, 9.17) is 0 Å². The lowest BCUT2D eigenvalue weighted by Crippen LogP contribution is -1.94. The van der Waals surface area contributed by atoms with Gasteiger partial charge in [0.05, 0.1) is 0 Å². The van der Waals surface area contributed by atoms with Crippen LogP contribution in [0.1, 0.15) is 17.3 Å². The van der Waals surface area contributed by atoms with Gasteiger partial charge in [0.1, 0.15) is 0 Å². The Morgan fingerprint density at radius 3 is 3.17 bits per heavy atom. The number of rotatable bonds is 1. The lowest BCUT2D eigenvalue weighted by Gasteiger charge is -1.93. The molecule has 2 aromatic heterocycles. The van der Waals surface area contributed by atoms with Crippen LogP contribution in [-0.4, -0.2) is 25.8 Å². The maximum atomic E-state index is 10.9. The summed E-state index contributed by atoms with van der Waals surface area (Å²) in [4.78, 5) is 10.9. The van der Waals surface area contributed by atoms with Gasteiger partial charge in [-0.15, -0.1) is 5.10 Å². The first-order valence-electron chi connectivity index (χ1n) is 3.46. The van der Waals surface area contributed by atoms with Crippen molar-refractivity contribution in [2.45, 2.75) is 6.92 Å². The predicted molar refractivity (Wildman–Crippen MR) is 40.8 cm³/mol. The molecule has 0 saturated heterocycles. The number of tetrazole rings is 1. The number of hydrogen-bond acceptors (Lipinski definition) is 4. The number of ketones is 1. The van der Waals surface area contributed by atoms with Crippen molar-refractivity contribution in [3.63, 3.8) is 0 Å². The highest BCUT2D eigenvalue weighted by molar-refractivity contribution is 5.94. The molecule has 0 fully saturated rings. The van der Waals surface area contributed by atoms with Gasteiger partial charge in [-0.2, -0.15) is 0 Å². The predicted octanol–water partition coefficient (Wildman–Crippen LogP) is 0.327. The maximum absolute atomic E-state index is 10.9. The van der Waals surface area contributed by atoms with Gasteiger partial charge in [0.15, 0.2) is 11.4 Å². The molecule has 0 aromatic carbocycles. The van der Waals surface area contributed by atoms with Crippen molar-refractivity contribution < 1.29 is 4.79 Å². The fourth-order valence-electron chi connectivity index (χ4n) is 0.959. The summed E-state index contributed by atoms with van der Waals surface area (Å²) in [5, 5.41) is 10.8. The quantitative estimate of drug-likeness (QED) is 0.567. The highest BCUT2D eigenvalue weighted by Gasteiger charge is 2.01. The molecule has 0 aliphatic carbocycles. The van der Waals surface area contributed by atoms with E-state index in [1.165, 1.54) is 11.4 Å². The fraction of sp³-hybridized carbons (Fsp3) is 0.143. The molecule has 60 valence electrons. The number of nitrogens with zero attached hydrogens (tertiary/aromatic N) is 4. The third-order valence-corrected chi connectivity index (χ3v) is 1.60. The molecule has 2 aromatic rings. The second-order valence-electron chi connectivity index (χ2n) is 2.45. The summed E-state index contributed by atoms with van der Waals surface area (Å²) in [5.74, 6) is 0.0144. The molecule has 0 spiro atoms. The number of hydrogen-bond donors (Lipinski definition) is 0. The van der Waals surface area contributed by atoms with Gasteiger partial charge in [-0.3, -0.25) is 4.79 Å². The van der Waals surface area contributed by atoms with E-state index >= 15 is 0 Å². The van der Waals surface area contributed by atoms with Crippen LogP contribution in [0.3, 0.4) is 0 Å². The van der Waals surface area contributed by atoms with Gasteiger partial charge in [-0.25, -0.2) is 4.52 Å². The summed E-state index contributed by atoms with van der Waals surface area (Å²) < 4.78 is 1.51. The number of pyridine rings is 1. The SMILES string of the molecule is CC(=O)c1ccn2nnnc2c1. The summed E-state index contributed by atoms with van der Waals surface area (Å²) in [6.07, 6.45) is 1.66. The number of Topliss-reactive ketones (excluding diaryl/α,β-unsaturated/α-hetero) is 1. The zero-order valence-electron chi connectivity index (χ0n) is 6.43. The molecule has 0 aliphatic heterocycles. The lowest BCUT2D eigenvalue weighted by atomic mass is 10.2.